The Morgan fingerprint density at radius 1 is 1.11 bits per heavy atom. The molecule has 17 heteroatoms. The van der Waals surface area contributed by atoms with E-state index in [1.165, 1.54) is 32.9 Å². The summed E-state index contributed by atoms with van der Waals surface area (Å²) in [5, 5.41) is 8.14. The van der Waals surface area contributed by atoms with Gasteiger partial charge in [-0.05, 0) is 99.9 Å². The summed E-state index contributed by atoms with van der Waals surface area (Å²) in [4.78, 5) is 85.2. The largest absolute Gasteiger partial charge is 0.464 e. The minimum absolute atomic E-state index is 0.0703. The van der Waals surface area contributed by atoms with Crippen LogP contribution in [-0.2, 0) is 52.8 Å². The summed E-state index contributed by atoms with van der Waals surface area (Å²) >= 11 is 1.41. The summed E-state index contributed by atoms with van der Waals surface area (Å²) in [6.45, 7) is 19.3. The summed E-state index contributed by atoms with van der Waals surface area (Å²) in [5.74, 6) is -2.64. The van der Waals surface area contributed by atoms with Crippen LogP contribution >= 0.6 is 11.3 Å². The number of methoxy groups -OCH3 is 1. The number of carbonyl (C=O) groups excluding carboxylic acids is 5. The van der Waals surface area contributed by atoms with Crippen molar-refractivity contribution in [2.24, 2.45) is 17.3 Å². The first-order valence-electron chi connectivity index (χ1n) is 25.1. The number of likely N-dealkylation sites (tertiary alicyclic amines) is 1. The SMILES string of the molecule is C=CC(=O)N1CC[C@H](C(=O)N(C)[C@H](C(=O)N[C@H]2Cc3nc(cs3)-c3ccc4c(c3)c(c(-c3cc(C5=CCN(C)CC5)cnc3[C@H](C)OC)n4CC)CC(C)(C)COC(=O)[C@@H]3CCCN(N3)C2=O)C(C)C)C1. The molecule has 5 atom stereocenters. The number of thiazole rings is 1. The van der Waals surface area contributed by atoms with Crippen molar-refractivity contribution in [1.29, 1.82) is 0 Å². The van der Waals surface area contributed by atoms with Crippen LogP contribution in [0.2, 0.25) is 0 Å². The van der Waals surface area contributed by atoms with Crippen LogP contribution in [0.15, 0.2) is 54.6 Å². The Balaban J connectivity index is 1.19. The zero-order chi connectivity index (χ0) is 50.9. The Hall–Kier alpha value is -5.75. The van der Waals surface area contributed by atoms with E-state index in [0.29, 0.717) is 50.3 Å². The van der Waals surface area contributed by atoms with Crippen LogP contribution in [0.1, 0.15) is 95.2 Å². The Morgan fingerprint density at radius 3 is 2.61 bits per heavy atom. The number of nitrogens with zero attached hydrogens (tertiary/aromatic N) is 7. The molecule has 4 aromatic rings. The topological polar surface area (TPSA) is 172 Å². The van der Waals surface area contributed by atoms with Crippen molar-refractivity contribution < 1.29 is 33.4 Å². The van der Waals surface area contributed by atoms with Gasteiger partial charge in [0.2, 0.25) is 17.7 Å². The van der Waals surface area contributed by atoms with Gasteiger partial charge in [-0.2, -0.15) is 0 Å². The maximum Gasteiger partial charge on any atom is 0.324 e. The second-order valence-corrected chi connectivity index (χ2v) is 21.8. The third kappa shape index (κ3) is 10.9. The van der Waals surface area contributed by atoms with E-state index in [2.05, 4.69) is 84.9 Å². The number of pyridine rings is 1. The lowest BCUT2D eigenvalue weighted by Crippen LogP contribution is -2.62. The zero-order valence-electron chi connectivity index (χ0n) is 42.9. The second-order valence-electron chi connectivity index (χ2n) is 20.8. The van der Waals surface area contributed by atoms with Crippen molar-refractivity contribution in [3.8, 4) is 22.5 Å². The molecule has 2 saturated heterocycles. The summed E-state index contributed by atoms with van der Waals surface area (Å²) < 4.78 is 14.5. The highest BCUT2D eigenvalue weighted by Gasteiger charge is 2.40. The molecular formula is C54H71N9O7S. The van der Waals surface area contributed by atoms with Gasteiger partial charge < -0.3 is 34.1 Å². The molecule has 0 saturated carbocycles. The van der Waals surface area contributed by atoms with Crippen molar-refractivity contribution in [2.75, 3.05) is 60.5 Å². The monoisotopic (exact) mass is 990 g/mol. The number of esters is 1. The fourth-order valence-electron chi connectivity index (χ4n) is 10.7. The van der Waals surface area contributed by atoms with Gasteiger partial charge in [0.1, 0.15) is 18.1 Å². The number of aryl methyl sites for hydroxylation is 1. The second kappa shape index (κ2) is 21.5. The standard InChI is InChI=1S/C54H71N9O7S/c1-11-46(64)61-23-19-36(29-61)51(66)60(9)48(32(3)4)50(65)57-42-26-45-56-43(30-71-45)35-15-16-44-38(24-35)40(27-54(6,7)31-70-53(68)41-14-13-20-63(58-41)52(42)67)49(62(44)12-2)39-25-37(28-55-47(39)33(5)69-10)34-17-21-59(8)22-18-34/h11,15-17,24-25,28,30,32-33,36,41-42,48,58H,1,12-14,18-23,26-27,29,31H2,2-10H3,(H,57,65)/t33-,36-,41-,42-,48-/m0/s1. The van der Waals surface area contributed by atoms with Crippen molar-refractivity contribution in [1.82, 2.24) is 45.0 Å². The van der Waals surface area contributed by atoms with Crippen LogP contribution in [0.5, 0.6) is 0 Å². The Labute approximate surface area is 421 Å². The smallest absolute Gasteiger partial charge is 0.324 e. The number of fused-ring (bicyclic) bond motifs is 6. The van der Waals surface area contributed by atoms with Gasteiger partial charge in [0.25, 0.3) is 5.91 Å². The molecule has 380 valence electrons. The molecule has 16 nitrogen and oxygen atoms in total. The van der Waals surface area contributed by atoms with Gasteiger partial charge >= 0.3 is 5.97 Å². The fraction of sp³-hybridized carbons (Fsp3) is 0.537. The number of ether oxygens (including phenoxy) is 2. The third-order valence-electron chi connectivity index (χ3n) is 14.7. The van der Waals surface area contributed by atoms with Gasteiger partial charge in [-0.3, -0.25) is 34.0 Å². The molecule has 4 aliphatic rings. The number of cyclic esters (lactones) is 1. The zero-order valence-corrected chi connectivity index (χ0v) is 43.7. The van der Waals surface area contributed by atoms with Crippen LogP contribution in [0, 0.1) is 17.3 Å². The van der Waals surface area contributed by atoms with Crippen LogP contribution in [-0.4, -0.2) is 143 Å². The van der Waals surface area contributed by atoms with E-state index >= 15 is 0 Å². The first-order chi connectivity index (χ1) is 33.9. The number of hydrogen-bond acceptors (Lipinski definition) is 12. The van der Waals surface area contributed by atoms with E-state index in [1.807, 2.05) is 32.3 Å². The van der Waals surface area contributed by atoms with E-state index in [4.69, 9.17) is 19.4 Å². The molecule has 0 spiro atoms. The Kier molecular flexibility index (Phi) is 15.7. The molecule has 8 rings (SSSR count). The van der Waals surface area contributed by atoms with Crippen molar-refractivity contribution >= 4 is 57.4 Å². The average Bonchev–Trinajstić information content (AvgIpc) is 4.12. The number of aromatic nitrogens is 3. The predicted molar refractivity (Wildman–Crippen MR) is 276 cm³/mol. The highest BCUT2D eigenvalue weighted by molar-refractivity contribution is 7.10. The van der Waals surface area contributed by atoms with E-state index in [9.17, 15) is 24.0 Å². The molecule has 2 fully saturated rings. The average molecular weight is 990 g/mol. The molecule has 0 unspecified atom stereocenters. The summed E-state index contributed by atoms with van der Waals surface area (Å²) in [6.07, 6.45) is 8.25. The Bertz CT molecular complexity index is 2720. The van der Waals surface area contributed by atoms with Gasteiger partial charge in [-0.25, -0.2) is 10.4 Å². The van der Waals surface area contributed by atoms with Gasteiger partial charge in [0.05, 0.1) is 40.7 Å². The molecule has 0 radical (unpaired) electrons. The number of carbonyl (C=O) groups is 5. The van der Waals surface area contributed by atoms with Crippen LogP contribution < -0.4 is 10.7 Å². The van der Waals surface area contributed by atoms with E-state index in [1.54, 1.807) is 19.1 Å². The van der Waals surface area contributed by atoms with Gasteiger partial charge in [0, 0.05) is 98.9 Å². The minimum atomic E-state index is -1.09. The highest BCUT2D eigenvalue weighted by atomic mass is 32.1. The summed E-state index contributed by atoms with van der Waals surface area (Å²) in [5.41, 5.74) is 11.7. The minimum Gasteiger partial charge on any atom is -0.464 e. The molecule has 7 heterocycles. The first-order valence-corrected chi connectivity index (χ1v) is 26.0. The van der Waals surface area contributed by atoms with E-state index in [-0.39, 0.29) is 43.4 Å². The molecule has 4 aliphatic heterocycles. The van der Waals surface area contributed by atoms with Crippen molar-refractivity contribution in [2.45, 2.75) is 111 Å². The lowest BCUT2D eigenvalue weighted by Gasteiger charge is -2.36. The molecular weight excluding hydrogens is 919 g/mol. The maximum absolute atomic E-state index is 14.7. The number of hydrogen-bond donors (Lipinski definition) is 2. The molecule has 3 aromatic heterocycles. The number of rotatable bonds is 11. The van der Waals surface area contributed by atoms with E-state index < -0.39 is 47.2 Å². The quantitative estimate of drug-likeness (QED) is 0.125. The number of likely N-dealkylation sites (N-methyl/N-ethyl adjacent to an activating group) is 2. The van der Waals surface area contributed by atoms with Crippen LogP contribution in [0.3, 0.4) is 0 Å². The normalized spacial score (nSPS) is 21.9. The molecule has 71 heavy (non-hydrogen) atoms. The van der Waals surface area contributed by atoms with Gasteiger partial charge in [0.15, 0.2) is 0 Å². The van der Waals surface area contributed by atoms with Crippen molar-refractivity contribution in [3.05, 3.63) is 76.4 Å². The van der Waals surface area contributed by atoms with Crippen LogP contribution in [0.4, 0.5) is 0 Å². The molecule has 2 N–H and O–H groups in total. The predicted octanol–water partition coefficient (Wildman–Crippen LogP) is 6.44. The van der Waals surface area contributed by atoms with E-state index in [0.717, 1.165) is 69.7 Å². The van der Waals surface area contributed by atoms with Crippen molar-refractivity contribution in [3.63, 3.8) is 0 Å². The number of hydrazine groups is 1. The number of amides is 4. The van der Waals surface area contributed by atoms with Gasteiger partial charge in [-0.15, -0.1) is 11.3 Å². The number of nitrogens with one attached hydrogen (secondary N) is 2. The summed E-state index contributed by atoms with van der Waals surface area (Å²) in [7, 11) is 5.45. The van der Waals surface area contributed by atoms with Gasteiger partial charge in [-0.1, -0.05) is 46.4 Å². The molecule has 1 aromatic carbocycles. The maximum atomic E-state index is 14.7. The molecule has 0 aliphatic carbocycles. The molecule has 4 amide bonds. The number of benzene rings is 1. The lowest BCUT2D eigenvalue weighted by molar-refractivity contribution is -0.155. The fourth-order valence-corrected chi connectivity index (χ4v) is 11.6. The lowest BCUT2D eigenvalue weighted by atomic mass is 9.84. The summed E-state index contributed by atoms with van der Waals surface area (Å²) in [6, 6.07) is 5.91. The van der Waals surface area contributed by atoms with Crippen LogP contribution in [0.25, 0.3) is 39.0 Å². The Morgan fingerprint density at radius 2 is 1.90 bits per heavy atom. The first kappa shape index (κ1) is 51.6. The molecule has 6 bridgehead atoms. The third-order valence-corrected chi connectivity index (χ3v) is 15.6. The highest BCUT2D eigenvalue weighted by Crippen LogP contribution is 2.43.